The number of pyridine rings is 1. The van der Waals surface area contributed by atoms with Crippen LogP contribution >= 0.6 is 0 Å². The summed E-state index contributed by atoms with van der Waals surface area (Å²) in [6.07, 6.45) is 6.64. The third-order valence-corrected chi connectivity index (χ3v) is 8.70. The number of imidazole rings is 1. The Labute approximate surface area is 251 Å². The summed E-state index contributed by atoms with van der Waals surface area (Å²) in [5.41, 5.74) is 5.06. The van der Waals surface area contributed by atoms with Gasteiger partial charge in [-0.2, -0.15) is 0 Å². The molecular formula is C33H34FN5O3S. The van der Waals surface area contributed by atoms with Crippen molar-refractivity contribution < 1.29 is 17.9 Å². The maximum atomic E-state index is 13.2. The summed E-state index contributed by atoms with van der Waals surface area (Å²) in [5.74, 6) is 0.635. The van der Waals surface area contributed by atoms with Gasteiger partial charge in [-0.15, -0.1) is 0 Å². The van der Waals surface area contributed by atoms with Crippen molar-refractivity contribution in [1.82, 2.24) is 19.9 Å². The number of anilines is 1. The molecule has 43 heavy (non-hydrogen) atoms. The number of nitrogens with zero attached hydrogens (tertiary/aromatic N) is 3. The first-order chi connectivity index (χ1) is 20.8. The van der Waals surface area contributed by atoms with Crippen LogP contribution in [0.3, 0.4) is 0 Å². The van der Waals surface area contributed by atoms with Crippen molar-refractivity contribution in [3.8, 4) is 11.3 Å². The van der Waals surface area contributed by atoms with Gasteiger partial charge in [0.15, 0.2) is 0 Å². The summed E-state index contributed by atoms with van der Waals surface area (Å²) < 4.78 is 43.9. The number of aliphatic hydroxyl groups excluding tert-OH is 1. The van der Waals surface area contributed by atoms with Crippen LogP contribution in [0.5, 0.6) is 0 Å². The first-order valence-electron chi connectivity index (χ1n) is 14.0. The smallest absolute Gasteiger partial charge is 0.261 e. The molecule has 3 N–H and O–H groups in total. The van der Waals surface area contributed by atoms with Crippen molar-refractivity contribution in [2.24, 2.45) is 7.05 Å². The van der Waals surface area contributed by atoms with E-state index < -0.39 is 16.1 Å². The Hall–Kier alpha value is -4.38. The average molecular weight is 600 g/mol. The van der Waals surface area contributed by atoms with E-state index in [0.29, 0.717) is 25.2 Å². The van der Waals surface area contributed by atoms with Crippen molar-refractivity contribution in [2.45, 2.75) is 30.3 Å². The van der Waals surface area contributed by atoms with Gasteiger partial charge in [-0.25, -0.2) is 17.8 Å². The Kier molecular flexibility index (Phi) is 9.61. The molecule has 0 fully saturated rings. The largest absolute Gasteiger partial charge is 0.387 e. The number of rotatable bonds is 13. The molecule has 0 aliphatic carbocycles. The van der Waals surface area contributed by atoms with Gasteiger partial charge in [0.05, 0.1) is 22.9 Å². The van der Waals surface area contributed by atoms with Crippen LogP contribution in [0.2, 0.25) is 0 Å². The second kappa shape index (κ2) is 13.7. The molecule has 0 bridgehead atoms. The quantitative estimate of drug-likeness (QED) is 0.163. The lowest BCUT2D eigenvalue weighted by atomic mass is 10.1. The first kappa shape index (κ1) is 30.1. The first-order valence-corrected chi connectivity index (χ1v) is 15.5. The van der Waals surface area contributed by atoms with Crippen molar-refractivity contribution in [3.05, 3.63) is 132 Å². The third-order valence-electron chi connectivity index (χ3n) is 7.30. The molecule has 1 unspecified atom stereocenters. The number of aromatic nitrogens is 3. The van der Waals surface area contributed by atoms with E-state index in [1.165, 1.54) is 12.1 Å². The predicted octanol–water partition coefficient (Wildman–Crippen LogP) is 5.07. The number of sulfonamides is 1. The van der Waals surface area contributed by atoms with Crippen LogP contribution < -0.4 is 10.0 Å². The number of hydrogen-bond donors (Lipinski definition) is 3. The summed E-state index contributed by atoms with van der Waals surface area (Å²) in [7, 11) is -1.84. The Morgan fingerprint density at radius 2 is 1.58 bits per heavy atom. The highest BCUT2D eigenvalue weighted by molar-refractivity contribution is 7.92. The minimum Gasteiger partial charge on any atom is -0.387 e. The number of aryl methyl sites for hydroxylation is 2. The van der Waals surface area contributed by atoms with Gasteiger partial charge in [-0.3, -0.25) is 9.71 Å². The molecule has 0 saturated heterocycles. The fourth-order valence-corrected chi connectivity index (χ4v) is 5.83. The number of nitrogens with one attached hydrogen (secondary N) is 2. The number of aliphatic hydroxyl groups is 1. The monoisotopic (exact) mass is 599 g/mol. The van der Waals surface area contributed by atoms with Crippen molar-refractivity contribution in [2.75, 3.05) is 17.8 Å². The fraction of sp³-hybridized carbons (Fsp3) is 0.212. The van der Waals surface area contributed by atoms with Crippen molar-refractivity contribution in [3.63, 3.8) is 0 Å². The molecule has 8 nitrogen and oxygen atoms in total. The lowest BCUT2D eigenvalue weighted by molar-refractivity contribution is 0.174. The van der Waals surface area contributed by atoms with Gasteiger partial charge in [0.1, 0.15) is 11.6 Å². The molecule has 0 aliphatic heterocycles. The SMILES string of the molecule is Cn1c(-c2ccc(S(=O)(=O)Nc3ccc(CCNCC(O)c4cccnc4)cc3)cc2)cnc1CCc1ccc(F)cc1. The second-order valence-corrected chi connectivity index (χ2v) is 12.0. The second-order valence-electron chi connectivity index (χ2n) is 10.3. The molecule has 0 aliphatic rings. The summed E-state index contributed by atoms with van der Waals surface area (Å²) in [6.45, 7) is 1.09. The average Bonchev–Trinajstić information content (AvgIpc) is 3.40. The van der Waals surface area contributed by atoms with E-state index >= 15 is 0 Å². The molecule has 5 rings (SSSR count). The van der Waals surface area contributed by atoms with Gasteiger partial charge in [0.2, 0.25) is 0 Å². The summed E-state index contributed by atoms with van der Waals surface area (Å²) in [4.78, 5) is 8.73. The molecule has 2 aromatic heterocycles. The van der Waals surface area contributed by atoms with Crippen LogP contribution in [0.15, 0.2) is 108 Å². The molecule has 3 aromatic carbocycles. The van der Waals surface area contributed by atoms with Gasteiger partial charge >= 0.3 is 0 Å². The predicted molar refractivity (Wildman–Crippen MR) is 165 cm³/mol. The van der Waals surface area contributed by atoms with Gasteiger partial charge in [-0.1, -0.05) is 42.5 Å². The molecule has 0 amide bonds. The van der Waals surface area contributed by atoms with E-state index in [4.69, 9.17) is 0 Å². The Morgan fingerprint density at radius 3 is 2.28 bits per heavy atom. The Balaban J connectivity index is 1.13. The Morgan fingerprint density at radius 1 is 0.884 bits per heavy atom. The summed E-state index contributed by atoms with van der Waals surface area (Å²) in [5, 5.41) is 13.5. The highest BCUT2D eigenvalue weighted by atomic mass is 32.2. The van der Waals surface area contributed by atoms with Gasteiger partial charge in [-0.05, 0) is 78.5 Å². The summed E-state index contributed by atoms with van der Waals surface area (Å²) in [6, 6.07) is 24.1. The van der Waals surface area contributed by atoms with Crippen molar-refractivity contribution in [1.29, 1.82) is 0 Å². The standard InChI is InChI=1S/C33H34FN5O3S/c1-39-31(22-37-33(39)17-8-24-4-11-28(34)12-5-24)26-9-15-30(16-10-26)43(41,42)38-29-13-6-25(7-14-29)18-20-36-23-32(40)27-3-2-19-35-21-27/h2-7,9-16,19,21-22,32,36,38,40H,8,17-18,20,23H2,1H3. The van der Waals surface area contributed by atoms with E-state index in [1.807, 2.05) is 29.8 Å². The normalized spacial score (nSPS) is 12.3. The number of benzene rings is 3. The van der Waals surface area contributed by atoms with Gasteiger partial charge < -0.3 is 15.0 Å². The zero-order valence-electron chi connectivity index (χ0n) is 23.8. The van der Waals surface area contributed by atoms with Gasteiger partial charge in [0, 0.05) is 43.7 Å². The van der Waals surface area contributed by atoms with E-state index in [9.17, 15) is 17.9 Å². The fourth-order valence-electron chi connectivity index (χ4n) is 4.78. The molecule has 10 heteroatoms. The molecular weight excluding hydrogens is 565 g/mol. The molecule has 0 spiro atoms. The van der Waals surface area contributed by atoms with E-state index in [-0.39, 0.29) is 10.7 Å². The molecule has 1 atom stereocenters. The molecule has 5 aromatic rings. The lowest BCUT2D eigenvalue weighted by Gasteiger charge is -2.12. The van der Waals surface area contributed by atoms with Crippen LogP contribution in [-0.2, 0) is 36.3 Å². The third kappa shape index (κ3) is 7.92. The molecule has 0 saturated carbocycles. The minimum absolute atomic E-state index is 0.162. The number of halogens is 1. The Bertz CT molecular complexity index is 1720. The van der Waals surface area contributed by atoms with E-state index in [2.05, 4.69) is 20.0 Å². The van der Waals surface area contributed by atoms with E-state index in [1.54, 1.807) is 73.2 Å². The summed E-state index contributed by atoms with van der Waals surface area (Å²) >= 11 is 0. The minimum atomic E-state index is -3.77. The van der Waals surface area contributed by atoms with Crippen LogP contribution in [0.1, 0.15) is 28.6 Å². The van der Waals surface area contributed by atoms with Crippen LogP contribution in [0, 0.1) is 5.82 Å². The van der Waals surface area contributed by atoms with Crippen LogP contribution in [-0.4, -0.2) is 41.1 Å². The zero-order chi connectivity index (χ0) is 30.2. The van der Waals surface area contributed by atoms with E-state index in [0.717, 1.165) is 46.6 Å². The highest BCUT2D eigenvalue weighted by Gasteiger charge is 2.16. The topological polar surface area (TPSA) is 109 Å². The zero-order valence-corrected chi connectivity index (χ0v) is 24.6. The lowest BCUT2D eigenvalue weighted by Crippen LogP contribution is -2.23. The van der Waals surface area contributed by atoms with Gasteiger partial charge in [0.25, 0.3) is 10.0 Å². The highest BCUT2D eigenvalue weighted by Crippen LogP contribution is 2.24. The molecule has 222 valence electrons. The number of hydrogen-bond acceptors (Lipinski definition) is 6. The molecule has 2 heterocycles. The van der Waals surface area contributed by atoms with Crippen LogP contribution in [0.25, 0.3) is 11.3 Å². The molecule has 0 radical (unpaired) electrons. The maximum Gasteiger partial charge on any atom is 0.261 e. The van der Waals surface area contributed by atoms with Crippen LogP contribution in [0.4, 0.5) is 10.1 Å². The maximum absolute atomic E-state index is 13.2. The van der Waals surface area contributed by atoms with Crippen molar-refractivity contribution >= 4 is 15.7 Å².